The largest absolute Gasteiger partial charge is 0.493 e. The summed E-state index contributed by atoms with van der Waals surface area (Å²) in [5.41, 5.74) is 4.66. The minimum atomic E-state index is -0.178. The molecule has 1 aliphatic carbocycles. The number of hydrogen-bond acceptors (Lipinski definition) is 6. The molecule has 4 aromatic rings. The number of aromatic nitrogens is 5. The van der Waals surface area contributed by atoms with E-state index in [0.717, 1.165) is 74.3 Å². The molecular weight excluding hydrogens is 459 g/mol. The van der Waals surface area contributed by atoms with Gasteiger partial charge in [0.15, 0.2) is 17.2 Å². The van der Waals surface area contributed by atoms with Crippen LogP contribution < -0.4 is 4.74 Å². The van der Waals surface area contributed by atoms with Crippen molar-refractivity contribution in [3.05, 3.63) is 41.9 Å². The molecule has 0 bridgehead atoms. The van der Waals surface area contributed by atoms with Crippen molar-refractivity contribution in [2.24, 2.45) is 0 Å². The number of ether oxygens (including phenoxy) is 2. The van der Waals surface area contributed by atoms with Gasteiger partial charge in [0.1, 0.15) is 6.33 Å². The molecule has 0 unspecified atom stereocenters. The van der Waals surface area contributed by atoms with Crippen molar-refractivity contribution < 1.29 is 13.9 Å². The molecule has 5 heterocycles. The Bertz CT molecular complexity index is 1380. The van der Waals surface area contributed by atoms with Crippen LogP contribution in [0.2, 0.25) is 0 Å². The number of H-pyrrole nitrogens is 1. The van der Waals surface area contributed by atoms with Gasteiger partial charge >= 0.3 is 0 Å². The molecule has 0 amide bonds. The summed E-state index contributed by atoms with van der Waals surface area (Å²) in [6.45, 7) is 7.84. The first-order chi connectivity index (χ1) is 17.5. The predicted molar refractivity (Wildman–Crippen MR) is 136 cm³/mol. The van der Waals surface area contributed by atoms with E-state index in [9.17, 15) is 0 Å². The molecule has 2 fully saturated rings. The van der Waals surface area contributed by atoms with Gasteiger partial charge in [-0.3, -0.25) is 9.88 Å². The van der Waals surface area contributed by atoms with Crippen LogP contribution >= 0.6 is 0 Å². The third-order valence-electron chi connectivity index (χ3n) is 7.92. The summed E-state index contributed by atoms with van der Waals surface area (Å²) in [5, 5.41) is 4.94. The van der Waals surface area contributed by atoms with E-state index >= 15 is 4.39 Å². The van der Waals surface area contributed by atoms with Crippen LogP contribution in [0.3, 0.4) is 0 Å². The first kappa shape index (κ1) is 23.4. The second-order valence-corrected chi connectivity index (χ2v) is 10.3. The van der Waals surface area contributed by atoms with E-state index in [1.54, 1.807) is 11.6 Å². The molecule has 6 rings (SSSR count). The van der Waals surface area contributed by atoms with E-state index in [1.165, 1.54) is 6.33 Å². The number of nitrogens with one attached hydrogen (secondary N) is 1. The summed E-state index contributed by atoms with van der Waals surface area (Å²) in [4.78, 5) is 14.9. The van der Waals surface area contributed by atoms with E-state index in [-0.39, 0.29) is 17.7 Å². The fourth-order valence-corrected chi connectivity index (χ4v) is 6.12. The Balaban J connectivity index is 1.36. The van der Waals surface area contributed by atoms with Gasteiger partial charge in [-0.2, -0.15) is 5.10 Å². The van der Waals surface area contributed by atoms with Crippen molar-refractivity contribution in [1.82, 2.24) is 29.5 Å². The van der Waals surface area contributed by atoms with Crippen molar-refractivity contribution in [1.29, 1.82) is 0 Å². The Morgan fingerprint density at radius 3 is 2.64 bits per heavy atom. The third-order valence-corrected chi connectivity index (χ3v) is 7.92. The van der Waals surface area contributed by atoms with Crippen molar-refractivity contribution >= 4 is 16.6 Å². The highest BCUT2D eigenvalue weighted by atomic mass is 19.1. The van der Waals surface area contributed by atoms with Crippen LogP contribution in [0.25, 0.3) is 27.8 Å². The Morgan fingerprint density at radius 2 is 1.92 bits per heavy atom. The van der Waals surface area contributed by atoms with Crippen LogP contribution in [-0.2, 0) is 4.74 Å². The lowest BCUT2D eigenvalue weighted by molar-refractivity contribution is 0.00714. The Morgan fingerprint density at radius 1 is 1.14 bits per heavy atom. The predicted octanol–water partition coefficient (Wildman–Crippen LogP) is 4.90. The lowest BCUT2D eigenvalue weighted by Crippen LogP contribution is -2.44. The Kier molecular flexibility index (Phi) is 6.13. The van der Waals surface area contributed by atoms with Crippen molar-refractivity contribution in [2.45, 2.75) is 57.4 Å². The van der Waals surface area contributed by atoms with Crippen molar-refractivity contribution in [3.63, 3.8) is 0 Å². The SMILES string of the molecule is COc1cc(-c2[nH]c3cnc(C4CCC(N5CCOCC5)CC4)c(F)c3c2C(C)C)cn2ncnc12. The zero-order valence-electron chi connectivity index (χ0n) is 21.1. The second-order valence-electron chi connectivity index (χ2n) is 10.3. The highest BCUT2D eigenvalue weighted by molar-refractivity contribution is 5.92. The van der Waals surface area contributed by atoms with E-state index in [1.807, 2.05) is 18.5 Å². The van der Waals surface area contributed by atoms with Gasteiger partial charge in [0.25, 0.3) is 0 Å². The van der Waals surface area contributed by atoms with Gasteiger partial charge in [-0.15, -0.1) is 0 Å². The molecule has 9 heteroatoms. The molecule has 1 saturated carbocycles. The van der Waals surface area contributed by atoms with Gasteiger partial charge in [-0.05, 0) is 43.2 Å². The van der Waals surface area contributed by atoms with E-state index in [4.69, 9.17) is 9.47 Å². The smallest absolute Gasteiger partial charge is 0.197 e. The molecule has 1 N–H and O–H groups in total. The first-order valence-corrected chi connectivity index (χ1v) is 12.9. The summed E-state index contributed by atoms with van der Waals surface area (Å²) in [7, 11) is 1.62. The fourth-order valence-electron chi connectivity index (χ4n) is 6.12. The number of methoxy groups -OCH3 is 1. The molecule has 2 aliphatic rings. The molecule has 36 heavy (non-hydrogen) atoms. The molecule has 4 aromatic heterocycles. The topological polar surface area (TPSA) is 80.6 Å². The maximum absolute atomic E-state index is 16.2. The Hall–Kier alpha value is -3.04. The second kappa shape index (κ2) is 9.44. The van der Waals surface area contributed by atoms with Crippen LogP contribution in [0.4, 0.5) is 4.39 Å². The zero-order chi connectivity index (χ0) is 24.8. The van der Waals surface area contributed by atoms with Crippen LogP contribution in [0.5, 0.6) is 5.75 Å². The number of nitrogens with zero attached hydrogens (tertiary/aromatic N) is 5. The number of rotatable bonds is 5. The van der Waals surface area contributed by atoms with Gasteiger partial charge < -0.3 is 14.5 Å². The fraction of sp³-hybridized carbons (Fsp3) is 0.519. The summed E-state index contributed by atoms with van der Waals surface area (Å²) >= 11 is 0. The van der Waals surface area contributed by atoms with E-state index in [0.29, 0.717) is 28.5 Å². The molecule has 1 saturated heterocycles. The lowest BCUT2D eigenvalue weighted by Gasteiger charge is -2.38. The maximum Gasteiger partial charge on any atom is 0.197 e. The van der Waals surface area contributed by atoms with Crippen LogP contribution in [0.1, 0.15) is 62.6 Å². The van der Waals surface area contributed by atoms with Gasteiger partial charge in [0.05, 0.1) is 43.4 Å². The third kappa shape index (κ3) is 3.94. The quantitative estimate of drug-likeness (QED) is 0.427. The zero-order valence-corrected chi connectivity index (χ0v) is 21.1. The normalized spacial score (nSPS) is 21.6. The van der Waals surface area contributed by atoms with Crippen molar-refractivity contribution in [3.8, 4) is 17.0 Å². The minimum absolute atomic E-state index is 0.105. The number of morpholine rings is 1. The molecule has 1 aliphatic heterocycles. The summed E-state index contributed by atoms with van der Waals surface area (Å²) in [6.07, 6.45) is 9.30. The number of halogens is 1. The molecule has 0 radical (unpaired) electrons. The molecular formula is C27H33FN6O2. The van der Waals surface area contributed by atoms with E-state index < -0.39 is 0 Å². The Labute approximate surface area is 209 Å². The van der Waals surface area contributed by atoms with Gasteiger partial charge in [-0.1, -0.05) is 13.8 Å². The maximum atomic E-state index is 16.2. The molecule has 8 nitrogen and oxygen atoms in total. The molecule has 190 valence electrons. The van der Waals surface area contributed by atoms with E-state index in [2.05, 4.69) is 38.8 Å². The minimum Gasteiger partial charge on any atom is -0.493 e. The van der Waals surface area contributed by atoms with Crippen LogP contribution in [-0.4, -0.2) is 68.9 Å². The van der Waals surface area contributed by atoms with Crippen LogP contribution in [0.15, 0.2) is 24.8 Å². The average molecular weight is 493 g/mol. The standard InChI is InChI=1S/C27H33FN6O2/c1-16(2)22-23-20(32-25(22)18-12-21(35-3)27-30-15-31-34(27)14-18)13-29-26(24(23)28)17-4-6-19(7-5-17)33-8-10-36-11-9-33/h12-17,19,32H,4-11H2,1-3H3. The number of hydrogen-bond donors (Lipinski definition) is 1. The number of pyridine rings is 2. The van der Waals surface area contributed by atoms with Gasteiger partial charge in [-0.25, -0.2) is 13.9 Å². The number of fused-ring (bicyclic) bond motifs is 2. The average Bonchev–Trinajstić information content (AvgIpc) is 3.54. The monoisotopic (exact) mass is 492 g/mol. The lowest BCUT2D eigenvalue weighted by atomic mass is 9.82. The highest BCUT2D eigenvalue weighted by Crippen LogP contribution is 2.41. The van der Waals surface area contributed by atoms with Crippen molar-refractivity contribution in [2.75, 3.05) is 33.4 Å². The van der Waals surface area contributed by atoms with Gasteiger partial charge in [0, 0.05) is 42.2 Å². The molecule has 0 aromatic carbocycles. The van der Waals surface area contributed by atoms with Gasteiger partial charge in [0.2, 0.25) is 0 Å². The summed E-state index contributed by atoms with van der Waals surface area (Å²) < 4.78 is 29.0. The molecule has 0 atom stereocenters. The molecule has 0 spiro atoms. The highest BCUT2D eigenvalue weighted by Gasteiger charge is 2.31. The summed E-state index contributed by atoms with van der Waals surface area (Å²) in [6, 6.07) is 2.50. The number of aromatic amines is 1. The van der Waals surface area contributed by atoms with Crippen LogP contribution in [0, 0.1) is 5.82 Å². The first-order valence-electron chi connectivity index (χ1n) is 12.9. The summed E-state index contributed by atoms with van der Waals surface area (Å²) in [5.74, 6) is 0.696.